The summed E-state index contributed by atoms with van der Waals surface area (Å²) in [5.74, 6) is 0.743. The molecule has 174 valence electrons. The maximum absolute atomic E-state index is 13.0. The third kappa shape index (κ3) is 5.20. The average Bonchev–Trinajstić information content (AvgIpc) is 2.82. The summed E-state index contributed by atoms with van der Waals surface area (Å²) in [5, 5.41) is 2.89. The van der Waals surface area contributed by atoms with Gasteiger partial charge in [0.2, 0.25) is 5.91 Å². The van der Waals surface area contributed by atoms with Crippen molar-refractivity contribution >= 4 is 29.3 Å². The van der Waals surface area contributed by atoms with E-state index in [1.54, 1.807) is 36.1 Å². The number of benzene rings is 3. The van der Waals surface area contributed by atoms with Crippen LogP contribution in [-0.2, 0) is 16.1 Å². The number of carbonyl (C=O) groups excluding carboxylic acids is 2. The van der Waals surface area contributed by atoms with Crippen LogP contribution in [0.25, 0.3) is 6.08 Å². The Hall–Kier alpha value is -3.86. The number of ether oxygens (including phenoxy) is 1. The maximum atomic E-state index is 13.0. The average molecular weight is 455 g/mol. The molecule has 5 nitrogen and oxygen atoms in total. The Morgan fingerprint density at radius 2 is 1.82 bits per heavy atom. The molecule has 1 atom stereocenters. The van der Waals surface area contributed by atoms with Gasteiger partial charge in [-0.1, -0.05) is 62.4 Å². The second-order valence-electron chi connectivity index (χ2n) is 8.94. The van der Waals surface area contributed by atoms with Gasteiger partial charge in [0, 0.05) is 11.8 Å². The van der Waals surface area contributed by atoms with Gasteiger partial charge in [0.05, 0.1) is 12.2 Å². The van der Waals surface area contributed by atoms with E-state index in [1.165, 1.54) is 11.6 Å². The van der Waals surface area contributed by atoms with Crippen LogP contribution in [0.15, 0.2) is 72.8 Å². The molecule has 0 fully saturated rings. The van der Waals surface area contributed by atoms with Crippen molar-refractivity contribution in [2.45, 2.75) is 46.3 Å². The van der Waals surface area contributed by atoms with Crippen LogP contribution in [0.2, 0.25) is 0 Å². The van der Waals surface area contributed by atoms with Crippen LogP contribution < -0.4 is 15.0 Å². The van der Waals surface area contributed by atoms with Crippen molar-refractivity contribution in [3.8, 4) is 5.75 Å². The summed E-state index contributed by atoms with van der Waals surface area (Å²) >= 11 is 0. The number of amides is 2. The Morgan fingerprint density at radius 1 is 1.09 bits per heavy atom. The molecule has 0 radical (unpaired) electrons. The number of hydrogen-bond donors (Lipinski definition) is 1. The van der Waals surface area contributed by atoms with Gasteiger partial charge in [-0.3, -0.25) is 9.59 Å². The molecule has 3 aromatic carbocycles. The summed E-state index contributed by atoms with van der Waals surface area (Å²) < 4.78 is 5.82. The second-order valence-corrected chi connectivity index (χ2v) is 8.94. The number of rotatable bonds is 6. The Kier molecular flexibility index (Phi) is 6.82. The lowest BCUT2D eigenvalue weighted by Crippen LogP contribution is -2.44. The molecule has 1 N–H and O–H groups in total. The first-order valence-corrected chi connectivity index (χ1v) is 11.6. The zero-order valence-electron chi connectivity index (χ0n) is 20.0. The number of nitrogens with one attached hydrogen (secondary N) is 1. The molecule has 1 aliphatic heterocycles. The quantitative estimate of drug-likeness (QED) is 0.459. The third-order valence-electron chi connectivity index (χ3n) is 6.05. The fourth-order valence-corrected chi connectivity index (χ4v) is 3.95. The first-order valence-electron chi connectivity index (χ1n) is 11.6. The molecule has 3 aromatic rings. The molecule has 1 unspecified atom stereocenters. The molecule has 0 spiro atoms. The van der Waals surface area contributed by atoms with Gasteiger partial charge < -0.3 is 15.0 Å². The van der Waals surface area contributed by atoms with E-state index < -0.39 is 6.10 Å². The molecule has 0 bridgehead atoms. The molecule has 5 heteroatoms. The zero-order valence-corrected chi connectivity index (χ0v) is 20.0. The molecule has 34 heavy (non-hydrogen) atoms. The summed E-state index contributed by atoms with van der Waals surface area (Å²) in [7, 11) is 0. The predicted octanol–water partition coefficient (Wildman–Crippen LogP) is 6.08. The fourth-order valence-electron chi connectivity index (χ4n) is 3.95. The lowest BCUT2D eigenvalue weighted by Gasteiger charge is -2.33. The smallest absolute Gasteiger partial charge is 0.268 e. The standard InChI is InChI=1S/C29H30N2O3/c1-19(2)23-12-9-22(10-13-23)11-16-28(32)30-25-14-15-27-26(17-25)31(29(33)21(4)34-27)18-24-8-6-5-7-20(24)3/h5-17,19,21H,18H2,1-4H3,(H,30,32)/b16-11+. The van der Waals surface area contributed by atoms with Gasteiger partial charge in [-0.25, -0.2) is 0 Å². The first-order chi connectivity index (χ1) is 16.3. The van der Waals surface area contributed by atoms with Crippen LogP contribution in [0.1, 0.15) is 48.9 Å². The van der Waals surface area contributed by atoms with Crippen molar-refractivity contribution < 1.29 is 14.3 Å². The lowest BCUT2D eigenvalue weighted by atomic mass is 10.0. The van der Waals surface area contributed by atoms with Crippen molar-refractivity contribution in [1.29, 1.82) is 0 Å². The van der Waals surface area contributed by atoms with Gasteiger partial charge in [0.1, 0.15) is 5.75 Å². The van der Waals surface area contributed by atoms with Crippen LogP contribution in [0.5, 0.6) is 5.75 Å². The Morgan fingerprint density at radius 3 is 2.53 bits per heavy atom. The minimum Gasteiger partial charge on any atom is -0.479 e. The van der Waals surface area contributed by atoms with E-state index in [4.69, 9.17) is 4.74 Å². The third-order valence-corrected chi connectivity index (χ3v) is 6.05. The van der Waals surface area contributed by atoms with Crippen LogP contribution in [0.4, 0.5) is 11.4 Å². The SMILES string of the molecule is Cc1ccccc1CN1C(=O)C(C)Oc2ccc(NC(=O)/C=C/c3ccc(C(C)C)cc3)cc21. The summed E-state index contributed by atoms with van der Waals surface area (Å²) in [6.07, 6.45) is 2.73. The molecular weight excluding hydrogens is 424 g/mol. The van der Waals surface area contributed by atoms with Gasteiger partial charge in [-0.15, -0.1) is 0 Å². The zero-order chi connectivity index (χ0) is 24.2. The van der Waals surface area contributed by atoms with Gasteiger partial charge in [0.25, 0.3) is 5.91 Å². The number of anilines is 2. The molecule has 4 rings (SSSR count). The van der Waals surface area contributed by atoms with Gasteiger partial charge in [-0.2, -0.15) is 0 Å². The molecule has 0 aromatic heterocycles. The fraction of sp³-hybridized carbons (Fsp3) is 0.241. The highest BCUT2D eigenvalue weighted by atomic mass is 16.5. The van der Waals surface area contributed by atoms with Gasteiger partial charge in [0.15, 0.2) is 6.10 Å². The van der Waals surface area contributed by atoms with Crippen LogP contribution in [0.3, 0.4) is 0 Å². The van der Waals surface area contributed by atoms with E-state index in [0.717, 1.165) is 16.7 Å². The van der Waals surface area contributed by atoms with Crippen molar-refractivity contribution in [2.75, 3.05) is 10.2 Å². The molecule has 0 aliphatic carbocycles. The molecule has 1 aliphatic rings. The predicted molar refractivity (Wildman–Crippen MR) is 137 cm³/mol. The monoisotopic (exact) mass is 454 g/mol. The van der Waals surface area contributed by atoms with E-state index in [1.807, 2.05) is 43.3 Å². The summed E-state index contributed by atoms with van der Waals surface area (Å²) in [6.45, 7) is 8.53. The summed E-state index contributed by atoms with van der Waals surface area (Å²) in [6, 6.07) is 21.5. The molecule has 0 saturated heterocycles. The summed E-state index contributed by atoms with van der Waals surface area (Å²) in [4.78, 5) is 27.2. The van der Waals surface area contributed by atoms with Gasteiger partial charge in [-0.05, 0) is 66.3 Å². The molecule has 0 saturated carbocycles. The number of nitrogens with zero attached hydrogens (tertiary/aromatic N) is 1. The van der Waals surface area contributed by atoms with E-state index in [-0.39, 0.29) is 11.8 Å². The number of fused-ring (bicyclic) bond motifs is 1. The molecular formula is C29H30N2O3. The van der Waals surface area contributed by atoms with Crippen LogP contribution in [0, 0.1) is 6.92 Å². The Labute approximate surface area is 201 Å². The minimum atomic E-state index is -0.568. The largest absolute Gasteiger partial charge is 0.479 e. The summed E-state index contributed by atoms with van der Waals surface area (Å²) in [5.41, 5.74) is 5.66. The highest BCUT2D eigenvalue weighted by Gasteiger charge is 2.32. The maximum Gasteiger partial charge on any atom is 0.268 e. The van der Waals surface area contributed by atoms with Gasteiger partial charge >= 0.3 is 0 Å². The van der Waals surface area contributed by atoms with E-state index >= 15 is 0 Å². The van der Waals surface area contributed by atoms with E-state index in [0.29, 0.717) is 29.6 Å². The Balaban J connectivity index is 1.52. The number of carbonyl (C=O) groups is 2. The van der Waals surface area contributed by atoms with Crippen molar-refractivity contribution in [3.63, 3.8) is 0 Å². The first kappa shape index (κ1) is 23.3. The lowest BCUT2D eigenvalue weighted by molar-refractivity contribution is -0.125. The minimum absolute atomic E-state index is 0.107. The normalized spacial score (nSPS) is 15.4. The van der Waals surface area contributed by atoms with Crippen molar-refractivity contribution in [3.05, 3.63) is 95.1 Å². The number of hydrogen-bond acceptors (Lipinski definition) is 3. The Bertz CT molecular complexity index is 1230. The van der Waals surface area contributed by atoms with Crippen molar-refractivity contribution in [2.24, 2.45) is 0 Å². The molecule has 2 amide bonds. The van der Waals surface area contributed by atoms with Crippen molar-refractivity contribution in [1.82, 2.24) is 0 Å². The van der Waals surface area contributed by atoms with Crippen LogP contribution in [-0.4, -0.2) is 17.9 Å². The topological polar surface area (TPSA) is 58.6 Å². The van der Waals surface area contributed by atoms with E-state index in [2.05, 4.69) is 31.3 Å². The highest BCUT2D eigenvalue weighted by molar-refractivity contribution is 6.04. The second kappa shape index (κ2) is 9.96. The van der Waals surface area contributed by atoms with E-state index in [9.17, 15) is 9.59 Å². The highest BCUT2D eigenvalue weighted by Crippen LogP contribution is 2.37. The number of aryl methyl sites for hydroxylation is 1. The van der Waals surface area contributed by atoms with Crippen LogP contribution >= 0.6 is 0 Å². The molecule has 1 heterocycles.